The van der Waals surface area contributed by atoms with Crippen LogP contribution in [0.4, 0.5) is 0 Å². The topological polar surface area (TPSA) is 69.7 Å². The summed E-state index contributed by atoms with van der Waals surface area (Å²) in [6, 6.07) is 13.7. The maximum absolute atomic E-state index is 12.6. The number of carbonyl (C=O) groups is 3. The van der Waals surface area contributed by atoms with E-state index in [1.807, 2.05) is 0 Å². The molecule has 5 heteroatoms. The normalized spacial score (nSPS) is 10.1. The Hall–Kier alpha value is -3.47. The highest BCUT2D eigenvalue weighted by molar-refractivity contribution is 6.09. The van der Waals surface area contributed by atoms with Crippen molar-refractivity contribution in [3.05, 3.63) is 95.1 Å². The predicted molar refractivity (Wildman–Crippen MR) is 106 cm³/mol. The first-order valence-electron chi connectivity index (χ1n) is 8.65. The minimum atomic E-state index is -0.450. The van der Waals surface area contributed by atoms with Crippen molar-refractivity contribution in [2.45, 2.75) is 27.1 Å². The molecule has 0 fully saturated rings. The molecule has 0 spiro atoms. The molecule has 2 aromatic rings. The lowest BCUT2D eigenvalue weighted by atomic mass is 10.0. The van der Waals surface area contributed by atoms with Gasteiger partial charge in [0.15, 0.2) is 5.78 Å². The minimum absolute atomic E-state index is 0.123. The van der Waals surface area contributed by atoms with Crippen LogP contribution in [0.2, 0.25) is 0 Å². The zero-order valence-corrected chi connectivity index (χ0v) is 16.0. The Labute approximate surface area is 164 Å². The minimum Gasteiger partial charge on any atom is -0.457 e. The van der Waals surface area contributed by atoms with E-state index in [4.69, 9.17) is 9.47 Å². The number of ketones is 1. The van der Waals surface area contributed by atoms with Crippen molar-refractivity contribution in [1.82, 2.24) is 0 Å². The zero-order valence-electron chi connectivity index (χ0n) is 16.0. The second kappa shape index (κ2) is 9.46. The molecular weight excluding hydrogens is 356 g/mol. The molecule has 144 valence electrons. The quantitative estimate of drug-likeness (QED) is 0.392. The van der Waals surface area contributed by atoms with Crippen molar-refractivity contribution in [3.63, 3.8) is 0 Å². The molecule has 5 nitrogen and oxygen atoms in total. The van der Waals surface area contributed by atoms with Crippen LogP contribution in [0.3, 0.4) is 0 Å². The fourth-order valence-electron chi connectivity index (χ4n) is 2.22. The van der Waals surface area contributed by atoms with Gasteiger partial charge in [0.25, 0.3) is 0 Å². The lowest BCUT2D eigenvalue weighted by molar-refractivity contribution is -0.141. The van der Waals surface area contributed by atoms with Crippen LogP contribution in [-0.4, -0.2) is 17.7 Å². The number of rotatable bonds is 8. The van der Waals surface area contributed by atoms with E-state index < -0.39 is 11.9 Å². The highest BCUT2D eigenvalue weighted by atomic mass is 16.5. The van der Waals surface area contributed by atoms with Crippen LogP contribution in [0.5, 0.6) is 0 Å². The molecule has 0 unspecified atom stereocenters. The molecule has 0 aliphatic rings. The monoisotopic (exact) mass is 378 g/mol. The predicted octanol–water partition coefficient (Wildman–Crippen LogP) is 4.16. The number of esters is 2. The van der Waals surface area contributed by atoms with Gasteiger partial charge in [0, 0.05) is 22.3 Å². The molecule has 0 N–H and O–H groups in total. The van der Waals surface area contributed by atoms with E-state index in [9.17, 15) is 14.4 Å². The Balaban J connectivity index is 1.97. The summed E-state index contributed by atoms with van der Waals surface area (Å²) in [6.07, 6.45) is 0. The van der Waals surface area contributed by atoms with Crippen LogP contribution < -0.4 is 0 Å². The molecule has 0 amide bonds. The largest absolute Gasteiger partial charge is 0.457 e. The Morgan fingerprint density at radius 1 is 0.679 bits per heavy atom. The summed E-state index contributed by atoms with van der Waals surface area (Å²) in [5.74, 6) is -1.03. The molecule has 2 rings (SSSR count). The Kier molecular flexibility index (Phi) is 7.04. The molecular formula is C23H22O5. The molecule has 0 heterocycles. The van der Waals surface area contributed by atoms with Gasteiger partial charge in [-0.15, -0.1) is 0 Å². The van der Waals surface area contributed by atoms with Gasteiger partial charge < -0.3 is 9.47 Å². The van der Waals surface area contributed by atoms with Crippen molar-refractivity contribution in [3.8, 4) is 0 Å². The summed E-state index contributed by atoms with van der Waals surface area (Å²) in [5, 5.41) is 0. The fourth-order valence-corrected chi connectivity index (χ4v) is 2.22. The molecule has 0 aliphatic heterocycles. The third kappa shape index (κ3) is 5.77. The molecule has 0 radical (unpaired) electrons. The van der Waals surface area contributed by atoms with E-state index in [2.05, 4.69) is 13.2 Å². The maximum atomic E-state index is 12.6. The lowest BCUT2D eigenvalue weighted by Crippen LogP contribution is -2.06. The highest BCUT2D eigenvalue weighted by Crippen LogP contribution is 2.14. The molecule has 0 saturated carbocycles. The summed E-state index contributed by atoms with van der Waals surface area (Å²) in [7, 11) is 0. The third-order valence-corrected chi connectivity index (χ3v) is 3.87. The van der Waals surface area contributed by atoms with Crippen LogP contribution in [-0.2, 0) is 32.3 Å². The van der Waals surface area contributed by atoms with E-state index >= 15 is 0 Å². The first-order valence-corrected chi connectivity index (χ1v) is 8.65. The van der Waals surface area contributed by atoms with Crippen molar-refractivity contribution in [2.24, 2.45) is 0 Å². The Morgan fingerprint density at radius 2 is 1.00 bits per heavy atom. The lowest BCUT2D eigenvalue weighted by Gasteiger charge is -2.07. The Morgan fingerprint density at radius 3 is 1.29 bits per heavy atom. The summed E-state index contributed by atoms with van der Waals surface area (Å²) in [6.45, 7) is 10.5. The average molecular weight is 378 g/mol. The number of benzene rings is 2. The van der Waals surface area contributed by atoms with E-state index in [0.717, 1.165) is 11.1 Å². The summed E-state index contributed by atoms with van der Waals surface area (Å²) in [4.78, 5) is 35.4. The van der Waals surface area contributed by atoms with Gasteiger partial charge in [-0.25, -0.2) is 9.59 Å². The highest BCUT2D eigenvalue weighted by Gasteiger charge is 2.10. The van der Waals surface area contributed by atoms with Crippen molar-refractivity contribution in [1.29, 1.82) is 0 Å². The first-order chi connectivity index (χ1) is 13.3. The zero-order chi connectivity index (χ0) is 20.7. The summed E-state index contributed by atoms with van der Waals surface area (Å²) < 4.78 is 10.2. The SMILES string of the molecule is C=C(C)C(=O)OCc1ccc(C(=O)c2ccc(COC(=O)C(=C)C)cc2)cc1. The van der Waals surface area contributed by atoms with Crippen molar-refractivity contribution in [2.75, 3.05) is 0 Å². The standard InChI is InChI=1S/C23H22O5/c1-15(2)22(25)27-13-17-5-9-19(10-6-17)21(24)20-11-7-18(8-12-20)14-28-23(26)16(3)4/h5-12H,1,3,13-14H2,2,4H3. The second-order valence-corrected chi connectivity index (χ2v) is 6.44. The van der Waals surface area contributed by atoms with Crippen LogP contribution in [0.1, 0.15) is 40.9 Å². The average Bonchev–Trinajstić information content (AvgIpc) is 2.70. The fraction of sp³-hybridized carbons (Fsp3) is 0.174. The molecule has 0 bridgehead atoms. The third-order valence-electron chi connectivity index (χ3n) is 3.87. The number of carbonyl (C=O) groups excluding carboxylic acids is 3. The van der Waals surface area contributed by atoms with Crippen molar-refractivity contribution < 1.29 is 23.9 Å². The van der Waals surface area contributed by atoms with Crippen LogP contribution in [0.15, 0.2) is 72.8 Å². The van der Waals surface area contributed by atoms with Gasteiger partial charge in [-0.05, 0) is 25.0 Å². The molecule has 2 aromatic carbocycles. The number of hydrogen-bond donors (Lipinski definition) is 0. The van der Waals surface area contributed by atoms with Gasteiger partial charge in [-0.1, -0.05) is 61.7 Å². The summed E-state index contributed by atoms with van der Waals surface area (Å²) in [5.41, 5.74) is 3.28. The van der Waals surface area contributed by atoms with Crippen molar-refractivity contribution >= 4 is 17.7 Å². The van der Waals surface area contributed by atoms with Gasteiger partial charge in [-0.3, -0.25) is 4.79 Å². The molecule has 28 heavy (non-hydrogen) atoms. The Bertz CT molecular complexity index is 830. The van der Waals surface area contributed by atoms with Gasteiger partial charge in [-0.2, -0.15) is 0 Å². The van der Waals surface area contributed by atoms with Crippen LogP contribution >= 0.6 is 0 Å². The van der Waals surface area contributed by atoms with Crippen LogP contribution in [0.25, 0.3) is 0 Å². The van der Waals surface area contributed by atoms with E-state index in [-0.39, 0.29) is 19.0 Å². The van der Waals surface area contributed by atoms with Gasteiger partial charge in [0.1, 0.15) is 13.2 Å². The van der Waals surface area contributed by atoms with Crippen LogP contribution in [0, 0.1) is 0 Å². The van der Waals surface area contributed by atoms with Gasteiger partial charge >= 0.3 is 11.9 Å². The molecule has 0 atom stereocenters. The van der Waals surface area contributed by atoms with E-state index in [1.165, 1.54) is 0 Å². The van der Waals surface area contributed by atoms with E-state index in [1.54, 1.807) is 62.4 Å². The smallest absolute Gasteiger partial charge is 0.333 e. The molecule has 0 aliphatic carbocycles. The van der Waals surface area contributed by atoms with Gasteiger partial charge in [0.2, 0.25) is 0 Å². The second-order valence-electron chi connectivity index (χ2n) is 6.44. The first kappa shape index (κ1) is 20.8. The number of ether oxygens (including phenoxy) is 2. The molecule has 0 saturated heterocycles. The molecule has 0 aromatic heterocycles. The number of hydrogen-bond acceptors (Lipinski definition) is 5. The maximum Gasteiger partial charge on any atom is 0.333 e. The van der Waals surface area contributed by atoms with Gasteiger partial charge in [0.05, 0.1) is 0 Å². The summed E-state index contributed by atoms with van der Waals surface area (Å²) >= 11 is 0. The van der Waals surface area contributed by atoms with E-state index in [0.29, 0.717) is 22.3 Å².